The highest BCUT2D eigenvalue weighted by atomic mass is 19.1. The summed E-state index contributed by atoms with van der Waals surface area (Å²) in [5.74, 6) is 0.274. The summed E-state index contributed by atoms with van der Waals surface area (Å²) in [5.41, 5.74) is 8.30. The number of aromatic nitrogens is 4. The number of hydrogen-bond donors (Lipinski definition) is 2. The Labute approximate surface area is 109 Å². The maximum Gasteiger partial charge on any atom is 0.182 e. The maximum absolute atomic E-state index is 13.2. The van der Waals surface area contributed by atoms with Gasteiger partial charge in [0, 0.05) is 0 Å². The molecule has 0 saturated heterocycles. The van der Waals surface area contributed by atoms with Crippen LogP contribution in [0.2, 0.25) is 0 Å². The van der Waals surface area contributed by atoms with Gasteiger partial charge in [0.2, 0.25) is 0 Å². The van der Waals surface area contributed by atoms with E-state index < -0.39 is 0 Å². The molecule has 0 fully saturated rings. The van der Waals surface area contributed by atoms with Crippen molar-refractivity contribution < 1.29 is 4.39 Å². The van der Waals surface area contributed by atoms with E-state index in [1.165, 1.54) is 12.1 Å². The Morgan fingerprint density at radius 3 is 3.00 bits per heavy atom. The van der Waals surface area contributed by atoms with Gasteiger partial charge >= 0.3 is 0 Å². The molecule has 3 rings (SSSR count). The smallest absolute Gasteiger partial charge is 0.182 e. The van der Waals surface area contributed by atoms with Gasteiger partial charge in [-0.15, -0.1) is 0 Å². The van der Waals surface area contributed by atoms with Crippen molar-refractivity contribution in [1.82, 2.24) is 20.0 Å². The average Bonchev–Trinajstić information content (AvgIpc) is 2.92. The highest BCUT2D eigenvalue weighted by Gasteiger charge is 2.15. The molecule has 3 aromatic rings. The molecule has 0 amide bonds. The zero-order valence-corrected chi connectivity index (χ0v) is 10.5. The van der Waals surface area contributed by atoms with Crippen LogP contribution in [0.3, 0.4) is 0 Å². The number of anilines is 1. The van der Waals surface area contributed by atoms with Crippen molar-refractivity contribution in [3.8, 4) is 0 Å². The van der Waals surface area contributed by atoms with Crippen LogP contribution in [0.5, 0.6) is 0 Å². The number of nitrogens with two attached hydrogens (primary N) is 1. The van der Waals surface area contributed by atoms with Crippen LogP contribution < -0.4 is 5.73 Å². The number of aryl methyl sites for hydroxylation is 1. The zero-order valence-electron chi connectivity index (χ0n) is 10.5. The summed E-state index contributed by atoms with van der Waals surface area (Å²) in [7, 11) is 0. The molecule has 19 heavy (non-hydrogen) atoms. The van der Waals surface area contributed by atoms with E-state index in [9.17, 15) is 4.39 Å². The molecule has 1 aromatic carbocycles. The van der Waals surface area contributed by atoms with Crippen molar-refractivity contribution >= 4 is 16.9 Å². The van der Waals surface area contributed by atoms with E-state index in [0.717, 1.165) is 23.1 Å². The Kier molecular flexibility index (Phi) is 2.70. The molecule has 0 spiro atoms. The molecule has 3 N–H and O–H groups in total. The summed E-state index contributed by atoms with van der Waals surface area (Å²) < 4.78 is 14.9. The van der Waals surface area contributed by atoms with Crippen LogP contribution in [-0.2, 0) is 13.0 Å². The Balaban J connectivity index is 2.06. The molecule has 0 saturated carbocycles. The lowest BCUT2D eigenvalue weighted by molar-refractivity contribution is 0.619. The van der Waals surface area contributed by atoms with Gasteiger partial charge in [-0.05, 0) is 24.1 Å². The predicted octanol–water partition coefficient (Wildman–Crippen LogP) is 2.09. The van der Waals surface area contributed by atoms with E-state index in [4.69, 9.17) is 5.73 Å². The van der Waals surface area contributed by atoms with Crippen molar-refractivity contribution in [3.05, 3.63) is 41.3 Å². The number of nitrogen functional groups attached to an aromatic ring is 1. The predicted molar refractivity (Wildman–Crippen MR) is 71.2 cm³/mol. The number of nitrogens with one attached hydrogen (secondary N) is 1. The molecule has 2 heterocycles. The summed E-state index contributed by atoms with van der Waals surface area (Å²) in [6.45, 7) is 2.49. The van der Waals surface area contributed by atoms with Gasteiger partial charge in [-0.3, -0.25) is 5.10 Å². The number of nitrogens with zero attached hydrogens (tertiary/aromatic N) is 3. The van der Waals surface area contributed by atoms with Gasteiger partial charge in [0.1, 0.15) is 11.6 Å². The Morgan fingerprint density at radius 2 is 2.26 bits per heavy atom. The van der Waals surface area contributed by atoms with Gasteiger partial charge in [-0.2, -0.15) is 10.2 Å². The lowest BCUT2D eigenvalue weighted by atomic mass is 10.2. The SMILES string of the molecule is CCc1nn(Cc2cccc(F)c2)c2n[nH]c(N)c12. The fraction of sp³-hybridized carbons (Fsp3) is 0.231. The Morgan fingerprint density at radius 1 is 1.42 bits per heavy atom. The summed E-state index contributed by atoms with van der Waals surface area (Å²) >= 11 is 0. The van der Waals surface area contributed by atoms with Gasteiger partial charge in [-0.25, -0.2) is 9.07 Å². The van der Waals surface area contributed by atoms with Gasteiger partial charge in [0.25, 0.3) is 0 Å². The van der Waals surface area contributed by atoms with Gasteiger partial charge < -0.3 is 5.73 Å². The van der Waals surface area contributed by atoms with Crippen LogP contribution in [0.15, 0.2) is 24.3 Å². The van der Waals surface area contributed by atoms with Gasteiger partial charge in [0.15, 0.2) is 5.65 Å². The lowest BCUT2D eigenvalue weighted by Gasteiger charge is -2.02. The highest BCUT2D eigenvalue weighted by molar-refractivity contribution is 5.88. The number of aromatic amines is 1. The van der Waals surface area contributed by atoms with Crippen LogP contribution >= 0.6 is 0 Å². The third-order valence-corrected chi connectivity index (χ3v) is 3.11. The summed E-state index contributed by atoms with van der Waals surface area (Å²) in [6.07, 6.45) is 0.774. The number of halogens is 1. The number of rotatable bonds is 3. The molecule has 0 atom stereocenters. The minimum Gasteiger partial charge on any atom is -0.383 e. The molecule has 98 valence electrons. The van der Waals surface area contributed by atoms with Gasteiger partial charge in [-0.1, -0.05) is 19.1 Å². The summed E-state index contributed by atoms with van der Waals surface area (Å²) in [5, 5.41) is 12.3. The minimum absolute atomic E-state index is 0.252. The molecular formula is C13H14FN5. The number of fused-ring (bicyclic) bond motifs is 1. The van der Waals surface area contributed by atoms with Crippen molar-refractivity contribution in [2.75, 3.05) is 5.73 Å². The largest absolute Gasteiger partial charge is 0.383 e. The fourth-order valence-electron chi connectivity index (χ4n) is 2.23. The molecule has 0 aliphatic carbocycles. The fourth-order valence-corrected chi connectivity index (χ4v) is 2.23. The van der Waals surface area contributed by atoms with E-state index in [2.05, 4.69) is 15.3 Å². The van der Waals surface area contributed by atoms with Crippen LogP contribution in [0.4, 0.5) is 10.2 Å². The third kappa shape index (κ3) is 1.95. The summed E-state index contributed by atoms with van der Waals surface area (Å²) in [4.78, 5) is 0. The molecule has 0 unspecified atom stereocenters. The van der Waals surface area contributed by atoms with Crippen molar-refractivity contribution in [2.45, 2.75) is 19.9 Å². The molecule has 0 bridgehead atoms. The van der Waals surface area contributed by atoms with Crippen molar-refractivity contribution in [3.63, 3.8) is 0 Å². The minimum atomic E-state index is -0.252. The first-order valence-electron chi connectivity index (χ1n) is 6.12. The van der Waals surface area contributed by atoms with Crippen LogP contribution in [0, 0.1) is 5.82 Å². The van der Waals surface area contributed by atoms with Crippen LogP contribution in [0.25, 0.3) is 11.0 Å². The molecule has 5 nitrogen and oxygen atoms in total. The molecule has 0 radical (unpaired) electrons. The standard InChI is InChI=1S/C13H14FN5/c1-2-10-11-12(15)16-17-13(11)19(18-10)7-8-4-3-5-9(14)6-8/h3-6H,2,7H2,1H3,(H3,15,16,17). The zero-order chi connectivity index (χ0) is 13.4. The quantitative estimate of drug-likeness (QED) is 0.756. The monoisotopic (exact) mass is 259 g/mol. The Hall–Kier alpha value is -2.37. The molecule has 0 aliphatic rings. The highest BCUT2D eigenvalue weighted by Crippen LogP contribution is 2.23. The number of benzene rings is 1. The topological polar surface area (TPSA) is 72.5 Å². The second-order valence-corrected chi connectivity index (χ2v) is 4.42. The summed E-state index contributed by atoms with van der Waals surface area (Å²) in [6, 6.07) is 6.46. The Bertz CT molecular complexity index is 728. The molecule has 0 aliphatic heterocycles. The second kappa shape index (κ2) is 4.38. The van der Waals surface area contributed by atoms with Crippen LogP contribution in [-0.4, -0.2) is 20.0 Å². The van der Waals surface area contributed by atoms with Crippen LogP contribution in [0.1, 0.15) is 18.2 Å². The van der Waals surface area contributed by atoms with E-state index >= 15 is 0 Å². The maximum atomic E-state index is 13.2. The first-order chi connectivity index (χ1) is 9.19. The molecular weight excluding hydrogens is 245 g/mol. The molecule has 2 aromatic heterocycles. The number of hydrogen-bond acceptors (Lipinski definition) is 3. The lowest BCUT2D eigenvalue weighted by Crippen LogP contribution is -2.03. The van der Waals surface area contributed by atoms with E-state index in [1.807, 2.05) is 13.0 Å². The third-order valence-electron chi connectivity index (χ3n) is 3.11. The van der Waals surface area contributed by atoms with Crippen molar-refractivity contribution in [1.29, 1.82) is 0 Å². The van der Waals surface area contributed by atoms with E-state index in [-0.39, 0.29) is 5.82 Å². The molecule has 6 heteroatoms. The van der Waals surface area contributed by atoms with Crippen molar-refractivity contribution in [2.24, 2.45) is 0 Å². The van der Waals surface area contributed by atoms with E-state index in [0.29, 0.717) is 18.0 Å². The van der Waals surface area contributed by atoms with Gasteiger partial charge in [0.05, 0.1) is 17.6 Å². The second-order valence-electron chi connectivity index (χ2n) is 4.42. The number of H-pyrrole nitrogens is 1. The average molecular weight is 259 g/mol. The first-order valence-corrected chi connectivity index (χ1v) is 6.12. The normalized spacial score (nSPS) is 11.3. The van der Waals surface area contributed by atoms with E-state index in [1.54, 1.807) is 10.7 Å². The first kappa shape index (κ1) is 11.7.